The van der Waals surface area contributed by atoms with E-state index in [4.69, 9.17) is 4.74 Å². The van der Waals surface area contributed by atoms with Gasteiger partial charge in [-0.05, 0) is 52.4 Å². The molecule has 5 nitrogen and oxygen atoms in total. The van der Waals surface area contributed by atoms with Gasteiger partial charge in [-0.15, -0.1) is 0 Å². The lowest BCUT2D eigenvalue weighted by Gasteiger charge is -2.33. The Balaban J connectivity index is 2.03. The van der Waals surface area contributed by atoms with Crippen LogP contribution in [0.1, 0.15) is 65.7 Å². The van der Waals surface area contributed by atoms with E-state index in [1.807, 2.05) is 25.7 Å². The molecule has 5 heteroatoms. The van der Waals surface area contributed by atoms with Crippen LogP contribution >= 0.6 is 0 Å². The zero-order valence-corrected chi connectivity index (χ0v) is 14.2. The van der Waals surface area contributed by atoms with Crippen LogP contribution in [0.25, 0.3) is 0 Å². The van der Waals surface area contributed by atoms with Gasteiger partial charge in [0.15, 0.2) is 0 Å². The highest BCUT2D eigenvalue weighted by Gasteiger charge is 2.35. The molecule has 0 spiro atoms. The number of nitrogens with zero attached hydrogens (tertiary/aromatic N) is 1. The van der Waals surface area contributed by atoms with Crippen molar-refractivity contribution in [1.82, 2.24) is 10.2 Å². The average molecular weight is 310 g/mol. The van der Waals surface area contributed by atoms with Crippen molar-refractivity contribution in [3.63, 3.8) is 0 Å². The van der Waals surface area contributed by atoms with Crippen molar-refractivity contribution in [2.75, 3.05) is 13.1 Å². The Hall–Kier alpha value is -1.26. The van der Waals surface area contributed by atoms with Crippen LogP contribution in [-0.4, -0.2) is 41.6 Å². The third-order valence-electron chi connectivity index (χ3n) is 4.48. The predicted molar refractivity (Wildman–Crippen MR) is 85.5 cm³/mol. The van der Waals surface area contributed by atoms with Gasteiger partial charge in [0.25, 0.3) is 0 Å². The summed E-state index contributed by atoms with van der Waals surface area (Å²) >= 11 is 0. The molecule has 0 bridgehead atoms. The normalized spacial score (nSPS) is 21.5. The van der Waals surface area contributed by atoms with E-state index in [0.29, 0.717) is 0 Å². The smallest absolute Gasteiger partial charge is 0.408 e. The molecule has 1 aliphatic heterocycles. The maximum atomic E-state index is 12.8. The number of alkyl carbamates (subject to hydrolysis) is 1. The van der Waals surface area contributed by atoms with E-state index in [-0.39, 0.29) is 11.8 Å². The summed E-state index contributed by atoms with van der Waals surface area (Å²) in [6.07, 6.45) is 7.20. The number of hydrogen-bond donors (Lipinski definition) is 1. The summed E-state index contributed by atoms with van der Waals surface area (Å²) in [7, 11) is 0. The van der Waals surface area contributed by atoms with E-state index in [9.17, 15) is 9.59 Å². The minimum Gasteiger partial charge on any atom is -0.444 e. The third-order valence-corrected chi connectivity index (χ3v) is 4.48. The minimum atomic E-state index is -0.544. The second-order valence-electron chi connectivity index (χ2n) is 7.55. The molecule has 0 aromatic heterocycles. The van der Waals surface area contributed by atoms with Crippen LogP contribution in [0.15, 0.2) is 0 Å². The van der Waals surface area contributed by atoms with E-state index in [1.54, 1.807) is 0 Å². The van der Waals surface area contributed by atoms with Crippen LogP contribution in [0.2, 0.25) is 0 Å². The molecule has 1 aliphatic carbocycles. The van der Waals surface area contributed by atoms with Crippen molar-refractivity contribution in [1.29, 1.82) is 0 Å². The predicted octanol–water partition coefficient (Wildman–Crippen LogP) is 3.08. The molecule has 0 aromatic carbocycles. The first-order valence-electron chi connectivity index (χ1n) is 8.65. The van der Waals surface area contributed by atoms with Gasteiger partial charge in [-0.2, -0.15) is 0 Å². The second kappa shape index (κ2) is 7.34. The average Bonchev–Trinajstić information content (AvgIpc) is 2.97. The molecule has 1 heterocycles. The lowest BCUT2D eigenvalue weighted by Crippen LogP contribution is -2.53. The molecule has 1 saturated heterocycles. The van der Waals surface area contributed by atoms with Gasteiger partial charge in [0, 0.05) is 13.1 Å². The molecule has 2 aliphatic rings. The van der Waals surface area contributed by atoms with Crippen molar-refractivity contribution in [3.8, 4) is 0 Å². The van der Waals surface area contributed by atoms with Crippen LogP contribution in [0.3, 0.4) is 0 Å². The molecule has 2 fully saturated rings. The maximum Gasteiger partial charge on any atom is 0.408 e. The molecule has 2 amide bonds. The van der Waals surface area contributed by atoms with Crippen LogP contribution in [0, 0.1) is 5.92 Å². The summed E-state index contributed by atoms with van der Waals surface area (Å²) < 4.78 is 5.35. The minimum absolute atomic E-state index is 0.0789. The Morgan fingerprint density at radius 1 is 1.05 bits per heavy atom. The zero-order chi connectivity index (χ0) is 16.2. The van der Waals surface area contributed by atoms with Crippen molar-refractivity contribution in [2.45, 2.75) is 77.4 Å². The Morgan fingerprint density at radius 2 is 1.64 bits per heavy atom. The van der Waals surface area contributed by atoms with Gasteiger partial charge >= 0.3 is 6.09 Å². The third kappa shape index (κ3) is 4.89. The number of carbonyl (C=O) groups is 2. The zero-order valence-electron chi connectivity index (χ0n) is 14.2. The fourth-order valence-corrected chi connectivity index (χ4v) is 3.42. The van der Waals surface area contributed by atoms with Gasteiger partial charge in [0.2, 0.25) is 5.91 Å². The van der Waals surface area contributed by atoms with Crippen molar-refractivity contribution < 1.29 is 14.3 Å². The van der Waals surface area contributed by atoms with Crippen molar-refractivity contribution in [3.05, 3.63) is 0 Å². The first-order valence-corrected chi connectivity index (χ1v) is 8.65. The van der Waals surface area contributed by atoms with Gasteiger partial charge in [0.1, 0.15) is 11.6 Å². The first-order chi connectivity index (χ1) is 10.4. The number of ether oxygens (including phenoxy) is 1. The second-order valence-corrected chi connectivity index (χ2v) is 7.55. The topological polar surface area (TPSA) is 58.6 Å². The van der Waals surface area contributed by atoms with E-state index < -0.39 is 17.7 Å². The van der Waals surface area contributed by atoms with Gasteiger partial charge in [0.05, 0.1) is 0 Å². The lowest BCUT2D eigenvalue weighted by atomic mass is 9.83. The first kappa shape index (κ1) is 17.1. The maximum absolute atomic E-state index is 12.8. The fraction of sp³-hybridized carbons (Fsp3) is 0.882. The quantitative estimate of drug-likeness (QED) is 0.871. The molecular formula is C17H30N2O3. The molecule has 0 unspecified atom stereocenters. The van der Waals surface area contributed by atoms with Crippen LogP contribution in [-0.2, 0) is 9.53 Å². The molecule has 126 valence electrons. The Bertz CT molecular complexity index is 391. The van der Waals surface area contributed by atoms with E-state index in [1.165, 1.54) is 6.42 Å². The SMILES string of the molecule is CC(C)(C)OC(=O)N[C@H](C(=O)N1CCCC1)C1CCCCC1. The summed E-state index contributed by atoms with van der Waals surface area (Å²) in [4.78, 5) is 26.8. The fourth-order valence-electron chi connectivity index (χ4n) is 3.42. The number of carbonyl (C=O) groups excluding carboxylic acids is 2. The number of nitrogens with one attached hydrogen (secondary N) is 1. The Kier molecular flexibility index (Phi) is 5.70. The summed E-state index contributed by atoms with van der Waals surface area (Å²) in [5, 5.41) is 2.87. The number of rotatable bonds is 3. The molecule has 1 atom stereocenters. The number of amides is 2. The van der Waals surface area contributed by atoms with Crippen LogP contribution in [0.5, 0.6) is 0 Å². The lowest BCUT2D eigenvalue weighted by molar-refractivity contribution is -0.134. The van der Waals surface area contributed by atoms with Gasteiger partial charge in [-0.3, -0.25) is 4.79 Å². The molecule has 1 N–H and O–H groups in total. The Morgan fingerprint density at radius 3 is 2.18 bits per heavy atom. The molecule has 22 heavy (non-hydrogen) atoms. The summed E-state index contributed by atoms with van der Waals surface area (Å²) in [6, 6.07) is -0.423. The number of likely N-dealkylation sites (tertiary alicyclic amines) is 1. The highest BCUT2D eigenvalue weighted by atomic mass is 16.6. The molecule has 1 saturated carbocycles. The van der Waals surface area contributed by atoms with Crippen LogP contribution < -0.4 is 5.32 Å². The van der Waals surface area contributed by atoms with Gasteiger partial charge in [-0.1, -0.05) is 19.3 Å². The van der Waals surface area contributed by atoms with Gasteiger partial charge in [-0.25, -0.2) is 4.79 Å². The summed E-state index contributed by atoms with van der Waals surface area (Å²) in [5.74, 6) is 0.324. The van der Waals surface area contributed by atoms with E-state index >= 15 is 0 Å². The summed E-state index contributed by atoms with van der Waals surface area (Å²) in [6.45, 7) is 7.15. The molecular weight excluding hydrogens is 280 g/mol. The molecule has 0 radical (unpaired) electrons. The molecule has 0 aromatic rings. The summed E-state index contributed by atoms with van der Waals surface area (Å²) in [5.41, 5.74) is -0.544. The molecule has 2 rings (SSSR count). The van der Waals surface area contributed by atoms with Crippen molar-refractivity contribution in [2.24, 2.45) is 5.92 Å². The van der Waals surface area contributed by atoms with Crippen molar-refractivity contribution >= 4 is 12.0 Å². The number of hydrogen-bond acceptors (Lipinski definition) is 3. The monoisotopic (exact) mass is 310 g/mol. The van der Waals surface area contributed by atoms with Gasteiger partial charge < -0.3 is 15.0 Å². The highest BCUT2D eigenvalue weighted by molar-refractivity contribution is 5.86. The largest absolute Gasteiger partial charge is 0.444 e. The van der Waals surface area contributed by atoms with Crippen LogP contribution in [0.4, 0.5) is 4.79 Å². The standard InChI is InChI=1S/C17H30N2O3/c1-17(2,3)22-16(21)18-14(13-9-5-4-6-10-13)15(20)19-11-7-8-12-19/h13-14H,4-12H2,1-3H3,(H,18,21)/t14-/m0/s1. The highest BCUT2D eigenvalue weighted by Crippen LogP contribution is 2.28. The van der Waals surface area contributed by atoms with E-state index in [2.05, 4.69) is 5.32 Å². The Labute approximate surface area is 133 Å². The van der Waals surface area contributed by atoms with E-state index in [0.717, 1.165) is 51.6 Å².